The van der Waals surface area contributed by atoms with Gasteiger partial charge >= 0.3 is 0 Å². The molecular formula is C23H26N8O4. The van der Waals surface area contributed by atoms with Crippen LogP contribution in [0.15, 0.2) is 36.8 Å². The van der Waals surface area contributed by atoms with Crippen molar-refractivity contribution in [3.63, 3.8) is 0 Å². The monoisotopic (exact) mass is 478 g/mol. The Morgan fingerprint density at radius 2 is 1.29 bits per heavy atom. The third-order valence-corrected chi connectivity index (χ3v) is 5.23. The van der Waals surface area contributed by atoms with E-state index in [0.717, 1.165) is 0 Å². The molecule has 0 bridgehead atoms. The van der Waals surface area contributed by atoms with Crippen LogP contribution in [0.1, 0.15) is 44.8 Å². The summed E-state index contributed by atoms with van der Waals surface area (Å²) in [5, 5.41) is 19.5. The maximum Gasteiger partial charge on any atom is 0.272 e. The quantitative estimate of drug-likeness (QED) is 0.345. The number of amides is 4. The normalized spacial score (nSPS) is 11.3. The number of nitrogens with zero attached hydrogens (tertiary/aromatic N) is 4. The third-order valence-electron chi connectivity index (χ3n) is 5.23. The fourth-order valence-electron chi connectivity index (χ4n) is 3.53. The number of hydrogen-bond donors (Lipinski definition) is 4. The van der Waals surface area contributed by atoms with E-state index in [2.05, 4.69) is 21.3 Å². The van der Waals surface area contributed by atoms with Gasteiger partial charge in [0, 0.05) is 45.8 Å². The lowest BCUT2D eigenvalue weighted by molar-refractivity contribution is -0.105. The van der Waals surface area contributed by atoms with Crippen LogP contribution in [0.2, 0.25) is 0 Å². The zero-order chi connectivity index (χ0) is 25.7. The van der Waals surface area contributed by atoms with E-state index in [-0.39, 0.29) is 24.1 Å². The topological polar surface area (TPSA) is 155 Å². The van der Waals surface area contributed by atoms with Crippen LogP contribution in [0, 0.1) is 11.3 Å². The second-order valence-electron chi connectivity index (χ2n) is 8.08. The lowest BCUT2D eigenvalue weighted by Crippen LogP contribution is -2.33. The van der Waals surface area contributed by atoms with E-state index < -0.39 is 11.8 Å². The highest BCUT2D eigenvalue weighted by Gasteiger charge is 2.19. The Morgan fingerprint density at radius 1 is 0.857 bits per heavy atom. The molecule has 35 heavy (non-hydrogen) atoms. The van der Waals surface area contributed by atoms with Crippen molar-refractivity contribution in [2.75, 3.05) is 16.0 Å². The largest absolute Gasteiger partial charge is 0.347 e. The molecular weight excluding hydrogens is 452 g/mol. The Kier molecular flexibility index (Phi) is 7.40. The van der Waals surface area contributed by atoms with E-state index in [9.17, 15) is 19.2 Å². The van der Waals surface area contributed by atoms with Crippen LogP contribution in [0.3, 0.4) is 0 Å². The zero-order valence-corrected chi connectivity index (χ0v) is 19.7. The Morgan fingerprint density at radius 3 is 1.74 bits per heavy atom. The van der Waals surface area contributed by atoms with Gasteiger partial charge in [0.2, 0.25) is 6.41 Å². The minimum Gasteiger partial charge on any atom is -0.347 e. The summed E-state index contributed by atoms with van der Waals surface area (Å²) in [5.74, 6) is -1.19. The molecule has 0 aromatic carbocycles. The number of aromatic nitrogens is 3. The van der Waals surface area contributed by atoms with Crippen LogP contribution in [-0.4, -0.2) is 43.9 Å². The van der Waals surface area contributed by atoms with Crippen LogP contribution < -0.4 is 21.3 Å². The molecule has 4 N–H and O–H groups in total. The maximum atomic E-state index is 12.9. The van der Waals surface area contributed by atoms with Gasteiger partial charge in [0.25, 0.3) is 17.7 Å². The van der Waals surface area contributed by atoms with Crippen molar-refractivity contribution in [1.82, 2.24) is 19.0 Å². The summed E-state index contributed by atoms with van der Waals surface area (Å²) in [6, 6.07) is 6.30. The highest BCUT2D eigenvalue weighted by Crippen LogP contribution is 2.19. The van der Waals surface area contributed by atoms with Crippen molar-refractivity contribution in [3.05, 3.63) is 53.9 Å². The average molecular weight is 479 g/mol. The molecule has 1 atom stereocenters. The van der Waals surface area contributed by atoms with Gasteiger partial charge in [0.05, 0.1) is 29.6 Å². The molecule has 0 spiro atoms. The first-order valence-electron chi connectivity index (χ1n) is 10.6. The first-order valence-corrected chi connectivity index (χ1v) is 10.6. The number of nitrogens with one attached hydrogen (secondary N) is 4. The van der Waals surface area contributed by atoms with Gasteiger partial charge in [-0.15, -0.1) is 0 Å². The third kappa shape index (κ3) is 5.77. The molecule has 0 saturated heterocycles. The molecule has 3 aromatic heterocycles. The minimum atomic E-state index is -0.431. The molecule has 0 aliphatic carbocycles. The smallest absolute Gasteiger partial charge is 0.272 e. The molecule has 0 aliphatic heterocycles. The summed E-state index contributed by atoms with van der Waals surface area (Å²) >= 11 is 0. The Bertz CT molecular complexity index is 1320. The molecule has 1 unspecified atom stereocenters. The first kappa shape index (κ1) is 24.8. The molecule has 3 aromatic rings. The number of aryl methyl sites for hydroxylation is 3. The Hall–Kier alpha value is -4.79. The van der Waals surface area contributed by atoms with Crippen LogP contribution in [-0.2, 0) is 25.9 Å². The molecule has 0 radical (unpaired) electrons. The van der Waals surface area contributed by atoms with E-state index in [1.807, 2.05) is 6.07 Å². The van der Waals surface area contributed by atoms with E-state index in [1.165, 1.54) is 18.2 Å². The van der Waals surface area contributed by atoms with Gasteiger partial charge in [-0.25, -0.2) is 0 Å². The lowest BCUT2D eigenvalue weighted by atomic mass is 10.2. The predicted molar refractivity (Wildman–Crippen MR) is 129 cm³/mol. The van der Waals surface area contributed by atoms with E-state index >= 15 is 0 Å². The van der Waals surface area contributed by atoms with Crippen molar-refractivity contribution in [1.29, 1.82) is 5.26 Å². The fraction of sp³-hybridized carbons (Fsp3) is 0.261. The standard InChI is InChI=1S/C23H26N8O4/c1-14(5-6-24)26-21(33)19-8-16(11-30(19)3)28-23(35)20-9-17(12-31(20)4)27-22(34)18-7-15(25-13-32)10-29(18)2/h7-14H,5H2,1-4H3,(H,25,32)(H,26,33)(H,27,34)(H,28,35). The van der Waals surface area contributed by atoms with Crippen molar-refractivity contribution >= 4 is 41.2 Å². The van der Waals surface area contributed by atoms with Gasteiger partial charge in [0.15, 0.2) is 0 Å². The van der Waals surface area contributed by atoms with Crippen molar-refractivity contribution < 1.29 is 19.2 Å². The van der Waals surface area contributed by atoms with E-state index in [1.54, 1.807) is 60.4 Å². The summed E-state index contributed by atoms with van der Waals surface area (Å²) < 4.78 is 4.71. The van der Waals surface area contributed by atoms with Crippen molar-refractivity contribution in [3.8, 4) is 6.07 Å². The maximum absolute atomic E-state index is 12.9. The van der Waals surface area contributed by atoms with Gasteiger partial charge in [-0.1, -0.05) is 0 Å². The van der Waals surface area contributed by atoms with Gasteiger partial charge in [-0.3, -0.25) is 19.2 Å². The number of rotatable bonds is 9. The van der Waals surface area contributed by atoms with Gasteiger partial charge in [-0.2, -0.15) is 5.26 Å². The number of carbonyl (C=O) groups excluding carboxylic acids is 4. The summed E-state index contributed by atoms with van der Waals surface area (Å²) in [5.41, 5.74) is 2.25. The second kappa shape index (κ2) is 10.4. The van der Waals surface area contributed by atoms with E-state index in [4.69, 9.17) is 5.26 Å². The minimum absolute atomic E-state index is 0.187. The molecule has 0 fully saturated rings. The molecule has 12 nitrogen and oxygen atoms in total. The molecule has 3 rings (SSSR count). The van der Waals surface area contributed by atoms with Crippen LogP contribution >= 0.6 is 0 Å². The number of nitriles is 1. The predicted octanol–water partition coefficient (Wildman–Crippen LogP) is 1.81. The van der Waals surface area contributed by atoms with Crippen LogP contribution in [0.5, 0.6) is 0 Å². The average Bonchev–Trinajstić information content (AvgIpc) is 3.44. The highest BCUT2D eigenvalue weighted by molar-refractivity contribution is 6.07. The van der Waals surface area contributed by atoms with Gasteiger partial charge < -0.3 is 35.0 Å². The summed E-state index contributed by atoms with van der Waals surface area (Å²) in [4.78, 5) is 48.5. The molecule has 12 heteroatoms. The summed E-state index contributed by atoms with van der Waals surface area (Å²) in [6.07, 6.45) is 5.52. The van der Waals surface area contributed by atoms with E-state index in [0.29, 0.717) is 34.9 Å². The molecule has 0 aliphatic rings. The number of anilines is 3. The Labute approximate surface area is 201 Å². The van der Waals surface area contributed by atoms with Crippen LogP contribution in [0.25, 0.3) is 0 Å². The second-order valence-corrected chi connectivity index (χ2v) is 8.08. The SMILES string of the molecule is CC(CC#N)NC(=O)c1cc(NC(=O)c2cc(NC(=O)c3cc(NC=O)cn3C)cn2C)cn1C. The fourth-order valence-corrected chi connectivity index (χ4v) is 3.53. The van der Waals surface area contributed by atoms with Crippen LogP contribution in [0.4, 0.5) is 17.1 Å². The molecule has 3 heterocycles. The highest BCUT2D eigenvalue weighted by atomic mass is 16.2. The lowest BCUT2D eigenvalue weighted by Gasteiger charge is -2.10. The number of carbonyl (C=O) groups is 4. The molecule has 182 valence electrons. The molecule has 0 saturated carbocycles. The van der Waals surface area contributed by atoms with Gasteiger partial charge in [-0.05, 0) is 25.1 Å². The summed E-state index contributed by atoms with van der Waals surface area (Å²) in [7, 11) is 5.02. The Balaban J connectivity index is 1.69. The van der Waals surface area contributed by atoms with Gasteiger partial charge in [0.1, 0.15) is 17.1 Å². The zero-order valence-electron chi connectivity index (χ0n) is 19.7. The van der Waals surface area contributed by atoms with Crippen molar-refractivity contribution in [2.45, 2.75) is 19.4 Å². The molecule has 4 amide bonds. The summed E-state index contributed by atoms with van der Waals surface area (Å²) in [6.45, 7) is 1.73. The first-order chi connectivity index (χ1) is 16.6. The van der Waals surface area contributed by atoms with Crippen molar-refractivity contribution in [2.24, 2.45) is 21.1 Å². The number of hydrogen-bond acceptors (Lipinski definition) is 5.